The molecule has 0 aliphatic heterocycles. The largest absolute Gasteiger partial charge is 0.208 e. The summed E-state index contributed by atoms with van der Waals surface area (Å²) in [6.07, 6.45) is 0. The zero-order valence-corrected chi connectivity index (χ0v) is 27.9. The van der Waals surface area contributed by atoms with E-state index in [9.17, 15) is 0 Å². The van der Waals surface area contributed by atoms with Crippen LogP contribution in [0.25, 0.3) is 99.5 Å². The highest BCUT2D eigenvalue weighted by molar-refractivity contribution is 6.25. The zero-order chi connectivity index (χ0) is 38.8. The van der Waals surface area contributed by atoms with Gasteiger partial charge in [0.25, 0.3) is 0 Å². The van der Waals surface area contributed by atoms with Crippen LogP contribution in [0.4, 0.5) is 0 Å². The normalized spacial score (nSPS) is 12.8. The summed E-state index contributed by atoms with van der Waals surface area (Å²) in [5.41, 5.74) is 5.91. The van der Waals surface area contributed by atoms with Gasteiger partial charge in [-0.2, -0.15) is 0 Å². The second kappa shape index (κ2) is 12.4. The van der Waals surface area contributed by atoms with Crippen molar-refractivity contribution < 1.29 is 6.85 Å². The Labute approximate surface area is 308 Å². The Morgan fingerprint density at radius 3 is 1.38 bits per heavy atom. The minimum absolute atomic E-state index is 0.00465. The molecule has 0 saturated carbocycles. The Morgan fingerprint density at radius 2 is 0.750 bits per heavy atom. The summed E-state index contributed by atoms with van der Waals surface area (Å²) in [6.45, 7) is 0. The number of hydrogen-bond acceptors (Lipinski definition) is 3. The number of fused-ring (bicyclic) bond motifs is 4. The second-order valence-corrected chi connectivity index (χ2v) is 12.7. The third kappa shape index (κ3) is 4.94. The Balaban J connectivity index is 1.25. The fraction of sp³-hybridized carbons (Fsp3) is 0. The van der Waals surface area contributed by atoms with E-state index in [0.717, 1.165) is 49.0 Å². The van der Waals surface area contributed by atoms with Crippen LogP contribution in [-0.4, -0.2) is 15.0 Å². The van der Waals surface area contributed by atoms with Gasteiger partial charge in [0.05, 0.1) is 6.85 Å². The van der Waals surface area contributed by atoms with Crippen molar-refractivity contribution in [2.24, 2.45) is 0 Å². The molecule has 0 radical (unpaired) electrons. The van der Waals surface area contributed by atoms with Crippen LogP contribution in [0.3, 0.4) is 0 Å². The van der Waals surface area contributed by atoms with E-state index in [2.05, 4.69) is 109 Å². The lowest BCUT2D eigenvalue weighted by molar-refractivity contribution is 1.08. The van der Waals surface area contributed by atoms with E-state index in [1.807, 2.05) is 48.5 Å². The van der Waals surface area contributed by atoms with E-state index >= 15 is 0 Å². The van der Waals surface area contributed by atoms with Gasteiger partial charge in [0.1, 0.15) is 0 Å². The van der Waals surface area contributed by atoms with E-state index in [0.29, 0.717) is 17.2 Å². The minimum atomic E-state index is -0.474. The maximum atomic E-state index is 8.75. The summed E-state index contributed by atoms with van der Waals surface area (Å²) < 4.78 is 42.4. The molecule has 10 aromatic rings. The number of hydrogen-bond donors (Lipinski definition) is 0. The Morgan fingerprint density at radius 1 is 0.308 bits per heavy atom. The molecule has 0 N–H and O–H groups in total. The van der Waals surface area contributed by atoms with Gasteiger partial charge in [0, 0.05) is 16.7 Å². The van der Waals surface area contributed by atoms with E-state index in [-0.39, 0.29) is 23.5 Å². The molecule has 0 aliphatic carbocycles. The molecule has 3 nitrogen and oxygen atoms in total. The quantitative estimate of drug-likeness (QED) is 0.172. The SMILES string of the molecule is [2H]c1c([2H])c([2H])c(-c2nc(-c3ccccc3)nc(-c3ccc(-c4c5ccccc5c(-c5cccc6ccccc56)c5ccccc45)c4ccccc34)n2)c([2H])c1[2H]. The van der Waals surface area contributed by atoms with Crippen molar-refractivity contribution >= 4 is 43.1 Å². The van der Waals surface area contributed by atoms with Crippen molar-refractivity contribution in [1.29, 1.82) is 0 Å². The minimum Gasteiger partial charge on any atom is -0.208 e. The van der Waals surface area contributed by atoms with Gasteiger partial charge in [0.2, 0.25) is 0 Å². The molecule has 242 valence electrons. The average Bonchev–Trinajstić information content (AvgIpc) is 3.26. The first kappa shape index (κ1) is 25.1. The lowest BCUT2D eigenvalue weighted by Crippen LogP contribution is -2.00. The Bertz CT molecular complexity index is 3160. The molecule has 0 saturated heterocycles. The van der Waals surface area contributed by atoms with Crippen molar-refractivity contribution in [2.45, 2.75) is 0 Å². The molecular weight excluding hydrogens is 631 g/mol. The van der Waals surface area contributed by atoms with Crippen molar-refractivity contribution in [1.82, 2.24) is 15.0 Å². The van der Waals surface area contributed by atoms with Crippen LogP contribution in [0.2, 0.25) is 0 Å². The van der Waals surface area contributed by atoms with Crippen LogP contribution in [0.15, 0.2) is 188 Å². The van der Waals surface area contributed by atoms with Gasteiger partial charge in [-0.15, -0.1) is 0 Å². The molecule has 0 aliphatic rings. The maximum Gasteiger partial charge on any atom is 0.164 e. The number of rotatable bonds is 5. The van der Waals surface area contributed by atoms with E-state index < -0.39 is 18.1 Å². The molecule has 52 heavy (non-hydrogen) atoms. The van der Waals surface area contributed by atoms with Crippen molar-refractivity contribution in [3.05, 3.63) is 188 Å². The average molecular weight is 667 g/mol. The topological polar surface area (TPSA) is 38.7 Å². The van der Waals surface area contributed by atoms with Crippen molar-refractivity contribution in [3.63, 3.8) is 0 Å². The number of benzene rings is 9. The predicted octanol–water partition coefficient (Wildman–Crippen LogP) is 12.8. The van der Waals surface area contributed by atoms with Crippen molar-refractivity contribution in [2.75, 3.05) is 0 Å². The van der Waals surface area contributed by atoms with Crippen LogP contribution in [0, 0.1) is 0 Å². The van der Waals surface area contributed by atoms with Gasteiger partial charge in [-0.3, -0.25) is 0 Å². The summed E-state index contributed by atoms with van der Waals surface area (Å²) in [4.78, 5) is 14.5. The fourth-order valence-corrected chi connectivity index (χ4v) is 7.55. The fourth-order valence-electron chi connectivity index (χ4n) is 7.55. The van der Waals surface area contributed by atoms with Gasteiger partial charge in [-0.1, -0.05) is 182 Å². The van der Waals surface area contributed by atoms with Crippen molar-refractivity contribution in [3.8, 4) is 56.4 Å². The third-order valence-electron chi connectivity index (χ3n) is 9.82. The van der Waals surface area contributed by atoms with Crippen LogP contribution in [-0.2, 0) is 0 Å². The molecule has 0 fully saturated rings. The summed E-state index contributed by atoms with van der Waals surface area (Å²) >= 11 is 0. The third-order valence-corrected chi connectivity index (χ3v) is 9.82. The molecule has 1 heterocycles. The first-order valence-corrected chi connectivity index (χ1v) is 17.2. The summed E-state index contributed by atoms with van der Waals surface area (Å²) in [5.74, 6) is 0.663. The first-order chi connectivity index (χ1) is 27.9. The van der Waals surface area contributed by atoms with E-state index in [1.165, 1.54) is 21.9 Å². The molecule has 0 atom stereocenters. The van der Waals surface area contributed by atoms with Crippen LogP contribution in [0.1, 0.15) is 6.85 Å². The first-order valence-electron chi connectivity index (χ1n) is 19.7. The zero-order valence-electron chi connectivity index (χ0n) is 32.9. The van der Waals surface area contributed by atoms with E-state index in [4.69, 9.17) is 21.8 Å². The molecule has 9 aromatic carbocycles. The number of aromatic nitrogens is 3. The molecule has 0 spiro atoms. The van der Waals surface area contributed by atoms with Crippen LogP contribution < -0.4 is 0 Å². The Hall–Kier alpha value is -6.97. The monoisotopic (exact) mass is 666 g/mol. The number of nitrogens with zero attached hydrogens (tertiary/aromatic N) is 3. The Kier molecular flexibility index (Phi) is 5.98. The van der Waals surface area contributed by atoms with Gasteiger partial charge in [-0.25, -0.2) is 15.0 Å². The molecule has 1 aromatic heterocycles. The van der Waals surface area contributed by atoms with Gasteiger partial charge >= 0.3 is 0 Å². The lowest BCUT2D eigenvalue weighted by atomic mass is 9.83. The van der Waals surface area contributed by atoms with Crippen LogP contribution >= 0.6 is 0 Å². The lowest BCUT2D eigenvalue weighted by Gasteiger charge is -2.20. The van der Waals surface area contributed by atoms with Gasteiger partial charge in [0.15, 0.2) is 17.5 Å². The van der Waals surface area contributed by atoms with Gasteiger partial charge < -0.3 is 0 Å². The molecule has 3 heteroatoms. The standard InChI is InChI=1S/C49H31N3/c1-3-17-33(18-4-1)47-50-48(34-19-5-2-6-20-34)52-49(51-47)44-31-30-43(36-23-9-10-24-37(36)44)46-41-27-13-11-25-39(41)45(40-26-12-14-28-42(40)46)38-29-15-21-32-16-7-8-22-35(32)38/h1-31H/i1D,3D,4D,17D,18D. The highest BCUT2D eigenvalue weighted by Gasteiger charge is 2.21. The second-order valence-electron chi connectivity index (χ2n) is 12.7. The predicted molar refractivity (Wildman–Crippen MR) is 217 cm³/mol. The van der Waals surface area contributed by atoms with Crippen LogP contribution in [0.5, 0.6) is 0 Å². The molecule has 0 bridgehead atoms. The summed E-state index contributed by atoms with van der Waals surface area (Å²) in [7, 11) is 0. The summed E-state index contributed by atoms with van der Waals surface area (Å²) in [6, 6.07) is 52.0. The maximum absolute atomic E-state index is 8.75. The highest BCUT2D eigenvalue weighted by atomic mass is 15.0. The smallest absolute Gasteiger partial charge is 0.164 e. The molecule has 0 unspecified atom stereocenters. The molecule has 10 rings (SSSR count). The molecular formula is C49H31N3. The highest BCUT2D eigenvalue weighted by Crippen LogP contribution is 2.47. The summed E-state index contributed by atoms with van der Waals surface area (Å²) in [5, 5.41) is 8.87. The molecule has 0 amide bonds. The van der Waals surface area contributed by atoms with E-state index in [1.54, 1.807) is 0 Å². The van der Waals surface area contributed by atoms with Gasteiger partial charge in [-0.05, 0) is 71.4 Å².